The number of nitrogen functional groups attached to an aromatic ring is 1. The van der Waals surface area contributed by atoms with Crippen LogP contribution in [0.1, 0.15) is 13.8 Å². The molecular formula is C12H19ClFN3. The summed E-state index contributed by atoms with van der Waals surface area (Å²) in [4.78, 5) is 2.09. The molecule has 0 spiro atoms. The normalized spacial score (nSPS) is 11.9. The quantitative estimate of drug-likeness (QED) is 0.817. The summed E-state index contributed by atoms with van der Waals surface area (Å²) >= 11 is 5.64. The van der Waals surface area contributed by atoms with E-state index in [1.54, 1.807) is 0 Å². The number of hydrogen-bond donors (Lipinski definition) is 2. The van der Waals surface area contributed by atoms with Crippen LogP contribution < -0.4 is 11.1 Å². The van der Waals surface area contributed by atoms with Crippen molar-refractivity contribution in [3.8, 4) is 0 Å². The van der Waals surface area contributed by atoms with Crippen molar-refractivity contribution >= 4 is 23.0 Å². The lowest BCUT2D eigenvalue weighted by atomic mass is 10.0. The van der Waals surface area contributed by atoms with Gasteiger partial charge in [0.15, 0.2) is 0 Å². The number of likely N-dealkylation sites (N-methyl/N-ethyl adjacent to an activating group) is 1. The van der Waals surface area contributed by atoms with Crippen molar-refractivity contribution in [1.82, 2.24) is 4.90 Å². The third kappa shape index (κ3) is 3.48. The Balaban J connectivity index is 2.80. The first kappa shape index (κ1) is 14.1. The van der Waals surface area contributed by atoms with Crippen molar-refractivity contribution in [2.45, 2.75) is 19.4 Å². The van der Waals surface area contributed by atoms with E-state index in [9.17, 15) is 4.39 Å². The number of rotatable bonds is 4. The standard InChI is InChI=1S/C12H19ClFN3/c1-12(2,17(3)4)7-16-11-6-9(14)8(13)5-10(11)15/h5-6,16H,7,15H2,1-4H3. The Morgan fingerprint density at radius 2 is 2.00 bits per heavy atom. The predicted molar refractivity (Wildman–Crippen MR) is 72.1 cm³/mol. The smallest absolute Gasteiger partial charge is 0.143 e. The summed E-state index contributed by atoms with van der Waals surface area (Å²) in [5, 5.41) is 3.18. The second-order valence-corrected chi connectivity index (χ2v) is 5.32. The number of nitrogens with two attached hydrogens (primary N) is 1. The lowest BCUT2D eigenvalue weighted by molar-refractivity contribution is 0.210. The highest BCUT2D eigenvalue weighted by Gasteiger charge is 2.20. The molecule has 0 saturated heterocycles. The van der Waals surface area contributed by atoms with Crippen molar-refractivity contribution in [2.24, 2.45) is 0 Å². The number of nitrogens with one attached hydrogen (secondary N) is 1. The molecule has 0 amide bonds. The minimum Gasteiger partial charge on any atom is -0.397 e. The molecule has 0 heterocycles. The van der Waals surface area contributed by atoms with Crippen molar-refractivity contribution < 1.29 is 4.39 Å². The summed E-state index contributed by atoms with van der Waals surface area (Å²) in [6.07, 6.45) is 0. The monoisotopic (exact) mass is 259 g/mol. The Morgan fingerprint density at radius 3 is 2.53 bits per heavy atom. The molecule has 0 fully saturated rings. The van der Waals surface area contributed by atoms with E-state index in [-0.39, 0.29) is 10.6 Å². The summed E-state index contributed by atoms with van der Waals surface area (Å²) in [6, 6.07) is 2.74. The fourth-order valence-electron chi connectivity index (χ4n) is 1.18. The molecule has 0 saturated carbocycles. The van der Waals surface area contributed by atoms with Gasteiger partial charge in [-0.3, -0.25) is 0 Å². The Morgan fingerprint density at radius 1 is 1.41 bits per heavy atom. The zero-order valence-corrected chi connectivity index (χ0v) is 11.4. The SMILES string of the molecule is CN(C)C(C)(C)CNc1cc(F)c(Cl)cc1N. The Kier molecular flexibility index (Phi) is 4.22. The van der Waals surface area contributed by atoms with E-state index in [0.717, 1.165) is 0 Å². The predicted octanol–water partition coefficient (Wildman–Crippen LogP) is 2.81. The first-order valence-corrected chi connectivity index (χ1v) is 5.77. The number of halogens is 2. The number of nitrogens with zero attached hydrogens (tertiary/aromatic N) is 1. The van der Waals surface area contributed by atoms with E-state index < -0.39 is 5.82 Å². The number of hydrogen-bond acceptors (Lipinski definition) is 3. The van der Waals surface area contributed by atoms with E-state index in [0.29, 0.717) is 17.9 Å². The summed E-state index contributed by atoms with van der Waals surface area (Å²) in [5.74, 6) is -0.467. The number of anilines is 2. The van der Waals surface area contributed by atoms with Gasteiger partial charge in [0.1, 0.15) is 5.82 Å². The van der Waals surface area contributed by atoms with Gasteiger partial charge in [-0.15, -0.1) is 0 Å². The highest BCUT2D eigenvalue weighted by Crippen LogP contribution is 2.26. The average molecular weight is 260 g/mol. The van der Waals surface area contributed by atoms with Crippen LogP contribution in [0, 0.1) is 5.82 Å². The molecular weight excluding hydrogens is 241 g/mol. The molecule has 0 unspecified atom stereocenters. The van der Waals surface area contributed by atoms with Crippen LogP contribution in [0.15, 0.2) is 12.1 Å². The van der Waals surface area contributed by atoms with Gasteiger partial charge in [0.25, 0.3) is 0 Å². The molecule has 0 aromatic heterocycles. The van der Waals surface area contributed by atoms with Gasteiger partial charge >= 0.3 is 0 Å². The van der Waals surface area contributed by atoms with Gasteiger partial charge in [-0.25, -0.2) is 4.39 Å². The molecule has 0 radical (unpaired) electrons. The maximum absolute atomic E-state index is 13.3. The van der Waals surface area contributed by atoms with Gasteiger partial charge in [0.2, 0.25) is 0 Å². The van der Waals surface area contributed by atoms with Gasteiger partial charge in [-0.1, -0.05) is 11.6 Å². The molecule has 0 aliphatic heterocycles. The van der Waals surface area contributed by atoms with Crippen LogP contribution in [-0.2, 0) is 0 Å². The molecule has 96 valence electrons. The minimum atomic E-state index is -0.467. The topological polar surface area (TPSA) is 41.3 Å². The Hall–Kier alpha value is -1.00. The largest absolute Gasteiger partial charge is 0.397 e. The third-order valence-electron chi connectivity index (χ3n) is 3.01. The highest BCUT2D eigenvalue weighted by atomic mass is 35.5. The van der Waals surface area contributed by atoms with E-state index in [2.05, 4.69) is 24.1 Å². The molecule has 1 rings (SSSR count). The molecule has 3 N–H and O–H groups in total. The number of benzene rings is 1. The molecule has 0 aliphatic carbocycles. The highest BCUT2D eigenvalue weighted by molar-refractivity contribution is 6.31. The minimum absolute atomic E-state index is 0.0416. The van der Waals surface area contributed by atoms with Gasteiger partial charge in [0.05, 0.1) is 16.4 Å². The van der Waals surface area contributed by atoms with Crippen LogP contribution in [0.2, 0.25) is 5.02 Å². The van der Waals surface area contributed by atoms with Gasteiger partial charge in [0, 0.05) is 18.2 Å². The van der Waals surface area contributed by atoms with E-state index in [1.807, 2.05) is 14.1 Å². The van der Waals surface area contributed by atoms with Crippen molar-refractivity contribution in [3.05, 3.63) is 23.0 Å². The maximum Gasteiger partial charge on any atom is 0.143 e. The third-order valence-corrected chi connectivity index (χ3v) is 3.30. The maximum atomic E-state index is 13.3. The molecule has 1 aromatic rings. The lowest BCUT2D eigenvalue weighted by Crippen LogP contribution is -2.44. The first-order valence-electron chi connectivity index (χ1n) is 5.40. The van der Waals surface area contributed by atoms with Crippen LogP contribution in [0.4, 0.5) is 15.8 Å². The Labute approximate surface area is 107 Å². The zero-order valence-electron chi connectivity index (χ0n) is 10.6. The van der Waals surface area contributed by atoms with E-state index in [1.165, 1.54) is 12.1 Å². The second-order valence-electron chi connectivity index (χ2n) is 4.91. The summed E-state index contributed by atoms with van der Waals surface area (Å²) < 4.78 is 13.3. The molecule has 0 bridgehead atoms. The summed E-state index contributed by atoms with van der Waals surface area (Å²) in [7, 11) is 3.99. The lowest BCUT2D eigenvalue weighted by Gasteiger charge is -2.33. The second kappa shape index (κ2) is 5.10. The van der Waals surface area contributed by atoms with Crippen molar-refractivity contribution in [3.63, 3.8) is 0 Å². The Bertz CT molecular complexity index is 405. The van der Waals surface area contributed by atoms with Gasteiger partial charge in [-0.05, 0) is 34.0 Å². The molecule has 1 aromatic carbocycles. The average Bonchev–Trinajstić information content (AvgIpc) is 2.21. The van der Waals surface area contributed by atoms with Gasteiger partial charge in [-0.2, -0.15) is 0 Å². The molecule has 5 heteroatoms. The molecule has 0 atom stereocenters. The first-order chi connectivity index (χ1) is 7.74. The molecule has 3 nitrogen and oxygen atoms in total. The van der Waals surface area contributed by atoms with E-state index >= 15 is 0 Å². The van der Waals surface area contributed by atoms with Crippen LogP contribution in [0.25, 0.3) is 0 Å². The van der Waals surface area contributed by atoms with Crippen molar-refractivity contribution in [2.75, 3.05) is 31.7 Å². The van der Waals surface area contributed by atoms with Crippen LogP contribution in [0.5, 0.6) is 0 Å². The molecule has 0 aliphatic rings. The zero-order chi connectivity index (χ0) is 13.2. The van der Waals surface area contributed by atoms with Crippen LogP contribution >= 0.6 is 11.6 Å². The fourth-order valence-corrected chi connectivity index (χ4v) is 1.36. The van der Waals surface area contributed by atoms with Crippen LogP contribution in [0.3, 0.4) is 0 Å². The van der Waals surface area contributed by atoms with Crippen molar-refractivity contribution in [1.29, 1.82) is 0 Å². The summed E-state index contributed by atoms with van der Waals surface area (Å²) in [6.45, 7) is 4.83. The van der Waals surface area contributed by atoms with Crippen LogP contribution in [-0.4, -0.2) is 31.1 Å². The summed E-state index contributed by atoms with van der Waals surface area (Å²) in [5.41, 5.74) is 6.74. The van der Waals surface area contributed by atoms with Gasteiger partial charge < -0.3 is 16.0 Å². The van der Waals surface area contributed by atoms with E-state index in [4.69, 9.17) is 17.3 Å². The molecule has 17 heavy (non-hydrogen) atoms. The fraction of sp³-hybridized carbons (Fsp3) is 0.500.